The molecule has 2 amide bonds. The molecule has 150 valence electrons. The molecule has 1 aromatic carbocycles. The molecule has 0 saturated heterocycles. The Morgan fingerprint density at radius 1 is 1.22 bits per heavy atom. The number of amides is 2. The lowest BCUT2D eigenvalue weighted by atomic mass is 10.1. The van der Waals surface area contributed by atoms with Crippen molar-refractivity contribution >= 4 is 30.6 Å². The number of hydrazine groups is 1. The summed E-state index contributed by atoms with van der Waals surface area (Å²) in [6, 6.07) is 8.01. The van der Waals surface area contributed by atoms with Gasteiger partial charge in [0.05, 0.1) is 13.5 Å². The molecule has 0 saturated carbocycles. The first-order valence-electron chi connectivity index (χ1n) is 8.33. The predicted molar refractivity (Wildman–Crippen MR) is 102 cm³/mol. The summed E-state index contributed by atoms with van der Waals surface area (Å²) >= 11 is 3.75. The first kappa shape index (κ1) is 22.9. The number of benzene rings is 1. The van der Waals surface area contributed by atoms with Gasteiger partial charge in [0.15, 0.2) is 0 Å². The summed E-state index contributed by atoms with van der Waals surface area (Å²) < 4.78 is 9.98. The predicted octanol–water partition coefficient (Wildman–Crippen LogP) is 1.68. The molecule has 0 radical (unpaired) electrons. The molecule has 2 atom stereocenters. The summed E-state index contributed by atoms with van der Waals surface area (Å²) in [5.41, 5.74) is 1.24. The van der Waals surface area contributed by atoms with Crippen LogP contribution in [0.5, 0.6) is 0 Å². The molecule has 27 heavy (non-hydrogen) atoms. The second-order valence-electron chi connectivity index (χ2n) is 6.79. The van der Waals surface area contributed by atoms with Crippen molar-refractivity contribution in [1.29, 1.82) is 0 Å². The van der Waals surface area contributed by atoms with Crippen molar-refractivity contribution < 1.29 is 29.0 Å². The van der Waals surface area contributed by atoms with Crippen molar-refractivity contribution in [3.8, 4) is 0 Å². The molecule has 0 aliphatic carbocycles. The molecule has 8 nitrogen and oxygen atoms in total. The maximum atomic E-state index is 12.4. The van der Waals surface area contributed by atoms with E-state index in [1.54, 1.807) is 45.0 Å². The fourth-order valence-electron chi connectivity index (χ4n) is 2.11. The van der Waals surface area contributed by atoms with Gasteiger partial charge in [-0.25, -0.2) is 10.2 Å². The number of ether oxygens (including phenoxy) is 2. The van der Waals surface area contributed by atoms with E-state index in [0.717, 1.165) is 5.56 Å². The van der Waals surface area contributed by atoms with Crippen LogP contribution in [0, 0.1) is 0 Å². The number of rotatable bonds is 7. The van der Waals surface area contributed by atoms with Gasteiger partial charge in [-0.15, -0.1) is 12.6 Å². The van der Waals surface area contributed by atoms with Crippen LogP contribution < -0.4 is 5.43 Å². The monoisotopic (exact) mass is 398 g/mol. The number of hydrogen-bond acceptors (Lipinski definition) is 8. The van der Waals surface area contributed by atoms with E-state index in [4.69, 9.17) is 9.47 Å². The van der Waals surface area contributed by atoms with E-state index in [0.29, 0.717) is 5.01 Å². The van der Waals surface area contributed by atoms with Crippen LogP contribution in [-0.4, -0.2) is 52.3 Å². The number of imide groups is 1. The van der Waals surface area contributed by atoms with Gasteiger partial charge in [-0.2, -0.15) is 5.01 Å². The summed E-state index contributed by atoms with van der Waals surface area (Å²) in [6.45, 7) is 4.92. The van der Waals surface area contributed by atoms with Crippen molar-refractivity contribution in [2.45, 2.75) is 50.7 Å². The highest BCUT2D eigenvalue weighted by molar-refractivity contribution is 7.80. The number of nitrogens with one attached hydrogen (secondary N) is 1. The number of carbonyl (C=O) groups excluding carboxylic acids is 3. The molecule has 0 aliphatic rings. The molecule has 0 aliphatic heterocycles. The molecule has 1 aromatic rings. The Kier molecular flexibility index (Phi) is 8.74. The van der Waals surface area contributed by atoms with E-state index in [-0.39, 0.29) is 6.42 Å². The third-order valence-corrected chi connectivity index (χ3v) is 3.42. The fraction of sp³-hybridized carbons (Fsp3) is 0.500. The highest BCUT2D eigenvalue weighted by atomic mass is 32.1. The van der Waals surface area contributed by atoms with E-state index in [9.17, 15) is 19.5 Å². The van der Waals surface area contributed by atoms with Crippen molar-refractivity contribution in [2.75, 3.05) is 7.11 Å². The highest BCUT2D eigenvalue weighted by Crippen LogP contribution is 2.12. The Morgan fingerprint density at radius 2 is 1.81 bits per heavy atom. The topological polar surface area (TPSA) is 105 Å². The van der Waals surface area contributed by atoms with Gasteiger partial charge in [-0.05, 0) is 26.3 Å². The Hall–Kier alpha value is -2.10. The van der Waals surface area contributed by atoms with E-state index in [2.05, 4.69) is 18.1 Å². The number of carbonyl (C=O) groups is 3. The van der Waals surface area contributed by atoms with Gasteiger partial charge in [-0.1, -0.05) is 30.3 Å². The minimum Gasteiger partial charge on any atom is -0.468 e. The fourth-order valence-corrected chi connectivity index (χ4v) is 2.27. The lowest BCUT2D eigenvalue weighted by molar-refractivity contribution is -0.146. The molecular weight excluding hydrogens is 372 g/mol. The van der Waals surface area contributed by atoms with Crippen molar-refractivity contribution in [3.63, 3.8) is 0 Å². The third-order valence-electron chi connectivity index (χ3n) is 3.24. The summed E-state index contributed by atoms with van der Waals surface area (Å²) in [5.74, 6) is -1.46. The quantitative estimate of drug-likeness (QED) is 0.278. The minimum absolute atomic E-state index is 0.170. The molecular formula is C18H26N2O6S. The number of esters is 1. The molecule has 1 rings (SSSR count). The number of methoxy groups -OCH3 is 1. The number of aliphatic hydroxyl groups excluding tert-OH is 1. The lowest BCUT2D eigenvalue weighted by Gasteiger charge is -2.29. The molecule has 0 fully saturated rings. The number of thiol groups is 1. The average molecular weight is 398 g/mol. The first-order valence-corrected chi connectivity index (χ1v) is 8.85. The molecule has 0 spiro atoms. The van der Waals surface area contributed by atoms with Gasteiger partial charge in [0.2, 0.25) is 5.91 Å². The first-order chi connectivity index (χ1) is 12.5. The molecule has 2 N–H and O–H groups in total. The van der Waals surface area contributed by atoms with Gasteiger partial charge < -0.3 is 14.6 Å². The SMILES string of the molecule is COC(=O)C(Cc1ccccc1)NN(C(=O)CC(O)S)C(=O)OC(C)(C)C. The van der Waals surface area contributed by atoms with Crippen molar-refractivity contribution in [1.82, 2.24) is 10.4 Å². The van der Waals surface area contributed by atoms with Crippen LogP contribution in [0.15, 0.2) is 30.3 Å². The van der Waals surface area contributed by atoms with Crippen LogP contribution in [0.3, 0.4) is 0 Å². The molecule has 0 heterocycles. The number of nitrogens with zero attached hydrogens (tertiary/aromatic N) is 1. The maximum absolute atomic E-state index is 12.4. The summed E-state index contributed by atoms with van der Waals surface area (Å²) in [7, 11) is 1.21. The van der Waals surface area contributed by atoms with Gasteiger partial charge in [0.1, 0.15) is 17.1 Å². The zero-order valence-electron chi connectivity index (χ0n) is 15.8. The summed E-state index contributed by atoms with van der Waals surface area (Å²) in [5, 5.41) is 9.93. The van der Waals surface area contributed by atoms with E-state index >= 15 is 0 Å². The van der Waals surface area contributed by atoms with Crippen LogP contribution in [0.2, 0.25) is 0 Å². The van der Waals surface area contributed by atoms with Gasteiger partial charge in [0.25, 0.3) is 0 Å². The molecule has 0 bridgehead atoms. The highest BCUT2D eigenvalue weighted by Gasteiger charge is 2.32. The maximum Gasteiger partial charge on any atom is 0.432 e. The standard InChI is InChI=1S/C18H26N2O6S/c1-18(2,3)26-17(24)20(14(21)11-15(22)27)19-13(16(23)25-4)10-12-8-6-5-7-9-12/h5-9,13,15,19,22,27H,10-11H2,1-4H3. The van der Waals surface area contributed by atoms with Crippen molar-refractivity contribution in [2.24, 2.45) is 0 Å². The second kappa shape index (κ2) is 10.3. The van der Waals surface area contributed by atoms with Crippen LogP contribution in [0.4, 0.5) is 4.79 Å². The molecule has 9 heteroatoms. The summed E-state index contributed by atoms with van der Waals surface area (Å²) in [6.07, 6.45) is -1.28. The molecule has 2 unspecified atom stereocenters. The van der Waals surface area contributed by atoms with Crippen LogP contribution in [0.25, 0.3) is 0 Å². The van der Waals surface area contributed by atoms with E-state index < -0.39 is 41.5 Å². The zero-order chi connectivity index (χ0) is 20.6. The van der Waals surface area contributed by atoms with Crippen LogP contribution in [-0.2, 0) is 25.5 Å². The minimum atomic E-state index is -1.27. The normalized spacial score (nSPS) is 13.4. The Balaban J connectivity index is 3.06. The Labute approximate surface area is 164 Å². The third kappa shape index (κ3) is 8.42. The van der Waals surface area contributed by atoms with Gasteiger partial charge >= 0.3 is 12.1 Å². The zero-order valence-corrected chi connectivity index (χ0v) is 16.7. The van der Waals surface area contributed by atoms with Gasteiger partial charge in [0, 0.05) is 6.42 Å². The largest absolute Gasteiger partial charge is 0.468 e. The van der Waals surface area contributed by atoms with Crippen LogP contribution in [0.1, 0.15) is 32.8 Å². The average Bonchev–Trinajstić information content (AvgIpc) is 2.56. The van der Waals surface area contributed by atoms with E-state index in [1.807, 2.05) is 6.07 Å². The van der Waals surface area contributed by atoms with Gasteiger partial charge in [-0.3, -0.25) is 9.59 Å². The summed E-state index contributed by atoms with van der Waals surface area (Å²) in [4.78, 5) is 37.0. The Bertz CT molecular complexity index is 645. The van der Waals surface area contributed by atoms with Crippen molar-refractivity contribution in [3.05, 3.63) is 35.9 Å². The molecule has 0 aromatic heterocycles. The smallest absolute Gasteiger partial charge is 0.432 e. The number of aliphatic hydroxyl groups is 1. The number of hydrogen-bond donors (Lipinski definition) is 3. The lowest BCUT2D eigenvalue weighted by Crippen LogP contribution is -2.56. The van der Waals surface area contributed by atoms with E-state index in [1.165, 1.54) is 7.11 Å². The Morgan fingerprint density at radius 3 is 2.30 bits per heavy atom. The van der Waals surface area contributed by atoms with Crippen LogP contribution >= 0.6 is 12.6 Å². The second-order valence-corrected chi connectivity index (χ2v) is 7.38.